The summed E-state index contributed by atoms with van der Waals surface area (Å²) in [6.45, 7) is 112. The molecule has 0 bridgehead atoms. The van der Waals surface area contributed by atoms with Gasteiger partial charge in [0.2, 0.25) is 0 Å². The summed E-state index contributed by atoms with van der Waals surface area (Å²) < 4.78 is 98.9. The first kappa shape index (κ1) is 151. The molecule has 144 heavy (non-hydrogen) atoms. The van der Waals surface area contributed by atoms with E-state index in [-0.39, 0.29) is 98.0 Å². The molecule has 28 heteroatoms. The third kappa shape index (κ3) is 63.4. The summed E-state index contributed by atoms with van der Waals surface area (Å²) in [4.78, 5) is 119. The molecule has 1 fully saturated rings. The zero-order valence-corrected chi connectivity index (χ0v) is 104. The van der Waals surface area contributed by atoms with Crippen molar-refractivity contribution in [2.24, 2.45) is 55.2 Å². The van der Waals surface area contributed by atoms with E-state index >= 15 is 0 Å². The Morgan fingerprint density at radius 1 is 0.271 bits per heavy atom. The highest BCUT2D eigenvalue weighted by atomic mass is 16.7. The van der Waals surface area contributed by atoms with Gasteiger partial charge in [0, 0.05) is 27.2 Å². The maximum absolute atomic E-state index is 12.2. The van der Waals surface area contributed by atoms with E-state index < -0.39 is 117 Å². The molecule has 2 atom stereocenters. The van der Waals surface area contributed by atoms with Crippen LogP contribution in [0.2, 0.25) is 0 Å². The third-order valence-electron chi connectivity index (χ3n) is 27.3. The minimum absolute atomic E-state index is 0.00545. The Kier molecular flexibility index (Phi) is 66.7. The number of carbonyl (C=O) groups excluding carboxylic acids is 10. The lowest BCUT2D eigenvalue weighted by molar-refractivity contribution is -0.227. The van der Waals surface area contributed by atoms with E-state index in [1.165, 1.54) is 19.3 Å². The van der Waals surface area contributed by atoms with Crippen LogP contribution in [0, 0.1) is 55.2 Å². The summed E-state index contributed by atoms with van der Waals surface area (Å²) >= 11 is 0. The third-order valence-corrected chi connectivity index (χ3v) is 27.3. The van der Waals surface area contributed by atoms with Gasteiger partial charge < -0.3 is 85.3 Å². The molecule has 0 N–H and O–H groups in total. The molecule has 1 aliphatic rings. The summed E-state index contributed by atoms with van der Waals surface area (Å²) in [5.74, 6) is -1.12. The molecule has 0 aromatic carbocycles. The number of hydrogen-bond acceptors (Lipinski definition) is 28. The fourth-order valence-electron chi connectivity index (χ4n) is 10.4. The van der Waals surface area contributed by atoms with Gasteiger partial charge in [0.05, 0.1) is 78.4 Å². The lowest BCUT2D eigenvalue weighted by atomic mass is 9.86. The number of carbonyl (C=O) groups is 10. The Labute approximate surface area is 880 Å². The molecule has 0 spiro atoms. The van der Waals surface area contributed by atoms with E-state index in [1.54, 1.807) is 62.7 Å². The highest BCUT2D eigenvalue weighted by molar-refractivity contribution is 5.79. The smallest absolute Gasteiger partial charge is 0.462 e. The zero-order chi connectivity index (χ0) is 116. The second-order valence-corrected chi connectivity index (χ2v) is 51.6. The topological polar surface area (TPSA) is 337 Å². The molecule has 0 saturated heterocycles. The minimum atomic E-state index is -0.929. The number of rotatable bonds is 49. The van der Waals surface area contributed by atoms with E-state index in [0.29, 0.717) is 51.1 Å². The van der Waals surface area contributed by atoms with Crippen LogP contribution in [0.25, 0.3) is 0 Å². The van der Waals surface area contributed by atoms with Crippen molar-refractivity contribution in [1.29, 1.82) is 0 Å². The predicted molar refractivity (Wildman–Crippen MR) is 579 cm³/mol. The molecule has 1 rings (SSSR count). The van der Waals surface area contributed by atoms with Crippen molar-refractivity contribution < 1.29 is 133 Å². The predicted octanol–water partition coefficient (Wildman–Crippen LogP) is 28.4. The maximum atomic E-state index is 12.2. The second kappa shape index (κ2) is 63.5. The number of esters is 9. The van der Waals surface area contributed by atoms with Gasteiger partial charge in [0.15, 0.2) is 6.29 Å². The highest BCUT2D eigenvalue weighted by Crippen LogP contribution is 2.39. The summed E-state index contributed by atoms with van der Waals surface area (Å²) in [5.41, 5.74) is -10.9. The zero-order valence-electron chi connectivity index (χ0n) is 104. The molecule has 28 nitrogen and oxygen atoms in total. The van der Waals surface area contributed by atoms with Crippen LogP contribution < -0.4 is 0 Å². The van der Waals surface area contributed by atoms with Crippen molar-refractivity contribution in [2.75, 3.05) is 53.9 Å². The average molecular weight is 2070 g/mol. The van der Waals surface area contributed by atoms with Crippen LogP contribution in [-0.4, -0.2) is 206 Å². The van der Waals surface area contributed by atoms with Gasteiger partial charge in [-0.3, -0.25) is 43.2 Å². The van der Waals surface area contributed by atoms with Crippen molar-refractivity contribution >= 4 is 59.9 Å². The van der Waals surface area contributed by atoms with E-state index in [1.807, 2.05) is 339 Å². The van der Waals surface area contributed by atoms with E-state index in [9.17, 15) is 47.9 Å². The fraction of sp³-hybridized carbons (Fsp3) is 0.914. The monoisotopic (exact) mass is 2070 g/mol. The van der Waals surface area contributed by atoms with Crippen LogP contribution in [0.3, 0.4) is 0 Å². The van der Waals surface area contributed by atoms with Gasteiger partial charge >= 0.3 is 59.9 Å². The van der Waals surface area contributed by atoms with Gasteiger partial charge in [-0.25, -0.2) is 4.79 Å². The first-order valence-electron chi connectivity index (χ1n) is 53.2. The highest BCUT2D eigenvalue weighted by Gasteiger charge is 2.48. The summed E-state index contributed by atoms with van der Waals surface area (Å²) in [7, 11) is 3.25. The Morgan fingerprint density at radius 3 is 0.764 bits per heavy atom. The molecule has 0 aromatic heterocycles. The molecule has 0 amide bonds. The maximum Gasteiger partial charge on any atom is 0.509 e. The first-order valence-corrected chi connectivity index (χ1v) is 53.2. The summed E-state index contributed by atoms with van der Waals surface area (Å²) in [6.07, 6.45) is 11.9. The van der Waals surface area contributed by atoms with Crippen LogP contribution in [0.1, 0.15) is 491 Å². The van der Waals surface area contributed by atoms with Gasteiger partial charge in [-0.2, -0.15) is 0 Å². The lowest BCUT2D eigenvalue weighted by Gasteiger charge is -2.43. The van der Waals surface area contributed by atoms with Crippen LogP contribution in [0.4, 0.5) is 4.79 Å². The molecule has 0 aromatic rings. The van der Waals surface area contributed by atoms with Gasteiger partial charge in [-0.1, -0.05) is 102 Å². The average Bonchev–Trinajstić information content (AvgIpc) is 0.805. The fourth-order valence-corrected chi connectivity index (χ4v) is 10.4. The van der Waals surface area contributed by atoms with Crippen molar-refractivity contribution in [3.63, 3.8) is 0 Å². The molecule has 0 heterocycles. The SMILES string of the molecule is CCC(C)(C)C(=O)OC(C)(C)C(C)(C)OC.CCC(C)(C)C(=O)OC(C)(C)C(C)(C)OC.CCC(C)(C)C(=O)OC(C)(C)C(C)(C)OC(C)C.CCC(C)(C)C(=O)OCC(C)(C)OC(=O)CC(C)C.CCC(C)(C)C(=O)OCC(C)(C)OC(=O)OC(C)(C)C.CCC(C)(C)C(=O)OCC(C)(C)OC(C)C(C)C.CCC(C)(C)C(=O)OCC(C)(C)OC(C)OC1CCCCC1.CCOC(C)(C)COC(=O)C(C)(C)CC. The lowest BCUT2D eigenvalue weighted by Crippen LogP contribution is -2.52. The molecule has 1 aliphatic carbocycles. The number of hydrogen-bond donors (Lipinski definition) is 0. The van der Waals surface area contributed by atoms with Crippen molar-refractivity contribution in [2.45, 2.75) is 583 Å². The number of methoxy groups -OCH3 is 2. The van der Waals surface area contributed by atoms with E-state index in [0.717, 1.165) is 51.4 Å². The van der Waals surface area contributed by atoms with Crippen LogP contribution in [-0.2, 0) is 128 Å². The normalized spacial score (nSPS) is 14.3. The molecule has 2 unspecified atom stereocenters. The van der Waals surface area contributed by atoms with Crippen LogP contribution >= 0.6 is 0 Å². The molecule has 1 saturated carbocycles. The number of ether oxygens (including phenoxy) is 18. The molecule has 0 radical (unpaired) electrons. The Balaban J connectivity index is -0.000000299. The van der Waals surface area contributed by atoms with Gasteiger partial charge in [0.1, 0.15) is 83.4 Å². The van der Waals surface area contributed by atoms with Crippen molar-refractivity contribution in [3.05, 3.63) is 0 Å². The van der Waals surface area contributed by atoms with Gasteiger partial charge in [0.25, 0.3) is 0 Å². The van der Waals surface area contributed by atoms with Crippen molar-refractivity contribution in [3.8, 4) is 0 Å². The van der Waals surface area contributed by atoms with Crippen LogP contribution in [0.15, 0.2) is 0 Å². The Hall–Kier alpha value is -5.78. The molecular weight excluding hydrogens is 1840 g/mol. The Morgan fingerprint density at radius 2 is 0.521 bits per heavy atom. The standard InChI is InChI=1S/C18H34O4.C15H28O5.C15H28O4.2C15H30O3.2C13H26O3.C12H24O3/c1-7-17(3,4)16(19)20-13-18(5,6)22-14(2)21-15-11-9-8-10-12-15;1-9-14(5,6)11(16)18-10-15(7,8)20-12(17)19-13(2,3)4;1-8-14(4,5)13(17)18-10-15(6,7)19-12(16)9-11(2)3;1-10-13(4,5)12(16)18-15(8,9)14(6,7)17-11(2)3;1-9-14(5,6)13(16)17-10-15(7,8)18-12(4)11(2)3;2*1-9-11(2,3)10(14)16-13(6,7)12(4,5)15-8;1-7-11(3,4)10(13)14-9-12(5,6)15-8-2/h14-15H,7-13H2,1-6H3;9-10H2,1-8H3;11H,8-10H2,1-7H3;11H,10H2,1-9H3;11-12H,9-10H2,1-8H3;2*9H2,1-8H3;7-9H2,1-6H3. The molecule has 0 aliphatic heterocycles. The molecular formula is C116H226O28. The second-order valence-electron chi connectivity index (χ2n) is 51.6. The van der Waals surface area contributed by atoms with Gasteiger partial charge in [-0.05, 0) is 395 Å². The summed E-state index contributed by atoms with van der Waals surface area (Å²) in [5, 5.41) is 0. The minimum Gasteiger partial charge on any atom is -0.462 e. The Bertz CT molecular complexity index is 3630. The quantitative estimate of drug-likeness (QED) is 0.0310. The molecule has 858 valence electrons. The van der Waals surface area contributed by atoms with Crippen LogP contribution in [0.5, 0.6) is 0 Å². The van der Waals surface area contributed by atoms with E-state index in [2.05, 4.69) is 13.8 Å². The largest absolute Gasteiger partial charge is 0.509 e. The first-order chi connectivity index (χ1) is 64.1. The van der Waals surface area contributed by atoms with Gasteiger partial charge in [-0.15, -0.1) is 0 Å². The van der Waals surface area contributed by atoms with E-state index in [4.69, 9.17) is 85.3 Å². The summed E-state index contributed by atoms with van der Waals surface area (Å²) in [6, 6.07) is 0. The van der Waals surface area contributed by atoms with Crippen molar-refractivity contribution in [1.82, 2.24) is 0 Å².